The number of nitrogens with zero attached hydrogens (tertiary/aromatic N) is 5. The van der Waals surface area contributed by atoms with E-state index in [2.05, 4.69) is 46.9 Å². The molecule has 7 heteroatoms. The van der Waals surface area contributed by atoms with E-state index in [4.69, 9.17) is 10.2 Å². The highest BCUT2D eigenvalue weighted by Gasteiger charge is 2.25. The molecule has 0 amide bonds. The number of piperidine rings is 1. The van der Waals surface area contributed by atoms with Crippen molar-refractivity contribution >= 4 is 17.5 Å². The van der Waals surface area contributed by atoms with Gasteiger partial charge in [0, 0.05) is 36.6 Å². The lowest BCUT2D eigenvalue weighted by molar-refractivity contribution is 0.193. The molecule has 1 aliphatic heterocycles. The zero-order valence-electron chi connectivity index (χ0n) is 18.2. The second kappa shape index (κ2) is 10.4. The number of nitriles is 1. The maximum absolute atomic E-state index is 13.6. The lowest BCUT2D eigenvalue weighted by Gasteiger charge is -2.39. The molecule has 1 aliphatic rings. The number of nitrogens with one attached hydrogen (secondary N) is 1. The van der Waals surface area contributed by atoms with Crippen molar-refractivity contribution in [2.45, 2.75) is 52.5 Å². The van der Waals surface area contributed by atoms with Gasteiger partial charge in [-0.25, -0.2) is 9.37 Å². The Labute approximate surface area is 178 Å². The molecule has 0 saturated carbocycles. The third-order valence-electron chi connectivity index (χ3n) is 5.66. The van der Waals surface area contributed by atoms with E-state index in [9.17, 15) is 4.39 Å². The van der Waals surface area contributed by atoms with E-state index in [1.165, 1.54) is 18.6 Å². The summed E-state index contributed by atoms with van der Waals surface area (Å²) < 4.78 is 13.6. The summed E-state index contributed by atoms with van der Waals surface area (Å²) in [5.41, 5.74) is 1.59. The molecule has 1 fully saturated rings. The fourth-order valence-electron chi connectivity index (χ4n) is 4.10. The number of aromatic nitrogens is 2. The van der Waals surface area contributed by atoms with Gasteiger partial charge in [-0.2, -0.15) is 10.2 Å². The first-order chi connectivity index (χ1) is 14.6. The SMILES string of the molecule is CCCc1cc(N2CCCC(N(CC)CC)C2)nc(Nc2ccc(F)c(C#N)c2)n1. The normalized spacial score (nSPS) is 16.5. The van der Waals surface area contributed by atoms with E-state index in [1.807, 2.05) is 6.07 Å². The number of hydrogen-bond donors (Lipinski definition) is 1. The first-order valence-corrected chi connectivity index (χ1v) is 10.9. The van der Waals surface area contributed by atoms with Crippen LogP contribution in [0.25, 0.3) is 0 Å². The van der Waals surface area contributed by atoms with Crippen LogP contribution in [0.3, 0.4) is 0 Å². The summed E-state index contributed by atoms with van der Waals surface area (Å²) in [6, 6.07) is 8.87. The van der Waals surface area contributed by atoms with Gasteiger partial charge in [-0.3, -0.25) is 4.90 Å². The number of aryl methyl sites for hydroxylation is 1. The molecule has 0 radical (unpaired) electrons. The minimum absolute atomic E-state index is 0.00281. The average Bonchev–Trinajstić information content (AvgIpc) is 2.76. The van der Waals surface area contributed by atoms with Crippen LogP contribution in [0.1, 0.15) is 51.3 Å². The van der Waals surface area contributed by atoms with Crippen LogP contribution in [0, 0.1) is 17.1 Å². The standard InChI is InChI=1S/C23H31FN6/c1-4-8-18-14-22(30-12-7-9-20(16-30)29(5-2)6-3)28-23(26-18)27-19-10-11-21(24)17(13-19)15-25/h10-11,13-14,20H,4-9,12,16H2,1-3H3,(H,26,27,28). The Kier molecular flexibility index (Phi) is 7.58. The minimum Gasteiger partial charge on any atom is -0.355 e. The van der Waals surface area contributed by atoms with Crippen molar-refractivity contribution in [2.75, 3.05) is 36.4 Å². The Hall–Kier alpha value is -2.72. The number of likely N-dealkylation sites (N-methyl/N-ethyl adjacent to an activating group) is 1. The predicted octanol–water partition coefficient (Wildman–Crippen LogP) is 4.49. The van der Waals surface area contributed by atoms with Crippen LogP contribution < -0.4 is 10.2 Å². The molecule has 0 bridgehead atoms. The van der Waals surface area contributed by atoms with Crippen LogP contribution in [0.15, 0.2) is 24.3 Å². The van der Waals surface area contributed by atoms with Crippen LogP contribution in [-0.2, 0) is 6.42 Å². The fourth-order valence-corrected chi connectivity index (χ4v) is 4.10. The van der Waals surface area contributed by atoms with Gasteiger partial charge in [-0.15, -0.1) is 0 Å². The molecule has 1 atom stereocenters. The molecule has 1 aromatic carbocycles. The van der Waals surface area contributed by atoms with E-state index < -0.39 is 5.82 Å². The van der Waals surface area contributed by atoms with Gasteiger partial charge in [0.1, 0.15) is 17.7 Å². The van der Waals surface area contributed by atoms with Crippen molar-refractivity contribution in [3.05, 3.63) is 41.3 Å². The summed E-state index contributed by atoms with van der Waals surface area (Å²) in [6.07, 6.45) is 4.21. The van der Waals surface area contributed by atoms with Crippen LogP contribution in [-0.4, -0.2) is 47.1 Å². The third-order valence-corrected chi connectivity index (χ3v) is 5.66. The molecule has 1 N–H and O–H groups in total. The lowest BCUT2D eigenvalue weighted by atomic mass is 10.0. The Bertz CT molecular complexity index is 890. The second-order valence-electron chi connectivity index (χ2n) is 7.69. The maximum atomic E-state index is 13.6. The summed E-state index contributed by atoms with van der Waals surface area (Å²) in [6.45, 7) is 10.6. The number of hydrogen-bond acceptors (Lipinski definition) is 6. The zero-order chi connectivity index (χ0) is 21.5. The monoisotopic (exact) mass is 410 g/mol. The highest BCUT2D eigenvalue weighted by atomic mass is 19.1. The lowest BCUT2D eigenvalue weighted by Crippen LogP contribution is -2.48. The summed E-state index contributed by atoms with van der Waals surface area (Å²) >= 11 is 0. The topological polar surface area (TPSA) is 68.1 Å². The third kappa shape index (κ3) is 5.25. The van der Waals surface area contributed by atoms with Gasteiger partial charge in [-0.1, -0.05) is 27.2 Å². The van der Waals surface area contributed by atoms with Crippen molar-refractivity contribution in [3.8, 4) is 6.07 Å². The number of halogens is 1. The minimum atomic E-state index is -0.528. The largest absolute Gasteiger partial charge is 0.355 e. The molecule has 6 nitrogen and oxygen atoms in total. The van der Waals surface area contributed by atoms with Crippen molar-refractivity contribution in [1.29, 1.82) is 5.26 Å². The molecule has 1 aromatic heterocycles. The van der Waals surface area contributed by atoms with Gasteiger partial charge in [0.2, 0.25) is 5.95 Å². The summed E-state index contributed by atoms with van der Waals surface area (Å²) in [5.74, 6) is 0.881. The molecule has 160 valence electrons. The number of rotatable bonds is 8. The van der Waals surface area contributed by atoms with Crippen molar-refractivity contribution < 1.29 is 4.39 Å². The molecule has 1 unspecified atom stereocenters. The van der Waals surface area contributed by atoms with Crippen LogP contribution in [0.2, 0.25) is 0 Å². The molecule has 1 saturated heterocycles. The highest BCUT2D eigenvalue weighted by molar-refractivity contribution is 5.58. The van der Waals surface area contributed by atoms with E-state index in [-0.39, 0.29) is 5.56 Å². The molecule has 0 spiro atoms. The molecule has 30 heavy (non-hydrogen) atoms. The van der Waals surface area contributed by atoms with E-state index in [0.717, 1.165) is 57.0 Å². The summed E-state index contributed by atoms with van der Waals surface area (Å²) in [4.78, 5) is 14.3. The molecule has 3 rings (SSSR count). The Balaban J connectivity index is 1.86. The smallest absolute Gasteiger partial charge is 0.229 e. The van der Waals surface area contributed by atoms with Gasteiger partial charge in [-0.05, 0) is 50.6 Å². The van der Waals surface area contributed by atoms with Gasteiger partial charge in [0.05, 0.1) is 5.56 Å². The highest BCUT2D eigenvalue weighted by Crippen LogP contribution is 2.25. The van der Waals surface area contributed by atoms with Crippen molar-refractivity contribution in [1.82, 2.24) is 14.9 Å². The zero-order valence-corrected chi connectivity index (χ0v) is 18.2. The summed E-state index contributed by atoms with van der Waals surface area (Å²) in [7, 11) is 0. The van der Waals surface area contributed by atoms with Gasteiger partial charge in [0.15, 0.2) is 0 Å². The maximum Gasteiger partial charge on any atom is 0.229 e. The summed E-state index contributed by atoms with van der Waals surface area (Å²) in [5, 5.41) is 12.3. The van der Waals surface area contributed by atoms with E-state index >= 15 is 0 Å². The van der Waals surface area contributed by atoms with Crippen molar-refractivity contribution in [3.63, 3.8) is 0 Å². The molecule has 2 heterocycles. The van der Waals surface area contributed by atoms with Crippen LogP contribution in [0.5, 0.6) is 0 Å². The first-order valence-electron chi connectivity index (χ1n) is 10.9. The number of benzene rings is 1. The Morgan fingerprint density at radius 2 is 2.03 bits per heavy atom. The number of anilines is 3. The fraction of sp³-hybridized carbons (Fsp3) is 0.522. The molecule has 0 aliphatic carbocycles. The van der Waals surface area contributed by atoms with Crippen LogP contribution >= 0.6 is 0 Å². The first kappa shape index (κ1) is 22.0. The quantitative estimate of drug-likeness (QED) is 0.691. The van der Waals surface area contributed by atoms with Crippen molar-refractivity contribution in [2.24, 2.45) is 0 Å². The predicted molar refractivity (Wildman–Crippen MR) is 119 cm³/mol. The average molecular weight is 411 g/mol. The molecular formula is C23H31FN6. The van der Waals surface area contributed by atoms with Crippen LogP contribution in [0.4, 0.5) is 21.8 Å². The van der Waals surface area contributed by atoms with Gasteiger partial charge in [0.25, 0.3) is 0 Å². The van der Waals surface area contributed by atoms with Gasteiger partial charge < -0.3 is 10.2 Å². The Morgan fingerprint density at radius 1 is 1.23 bits per heavy atom. The molecule has 2 aromatic rings. The molecular weight excluding hydrogens is 379 g/mol. The second-order valence-corrected chi connectivity index (χ2v) is 7.69. The van der Waals surface area contributed by atoms with E-state index in [0.29, 0.717) is 17.7 Å². The van der Waals surface area contributed by atoms with Gasteiger partial charge >= 0.3 is 0 Å². The Morgan fingerprint density at radius 3 is 2.73 bits per heavy atom. The van der Waals surface area contributed by atoms with E-state index in [1.54, 1.807) is 6.07 Å².